The molecule has 4 heteroatoms. The van der Waals surface area contributed by atoms with Crippen molar-refractivity contribution in [2.45, 2.75) is 25.8 Å². The van der Waals surface area contributed by atoms with Gasteiger partial charge in [-0.1, -0.05) is 18.2 Å². The van der Waals surface area contributed by atoms with E-state index < -0.39 is 0 Å². The van der Waals surface area contributed by atoms with Crippen molar-refractivity contribution < 1.29 is 4.39 Å². The van der Waals surface area contributed by atoms with E-state index in [1.54, 1.807) is 6.07 Å². The van der Waals surface area contributed by atoms with E-state index in [1.165, 1.54) is 6.07 Å². The molecule has 19 heavy (non-hydrogen) atoms. The lowest BCUT2D eigenvalue weighted by molar-refractivity contribution is 0.573. The molecule has 0 saturated carbocycles. The highest BCUT2D eigenvalue weighted by Crippen LogP contribution is 2.35. The Morgan fingerprint density at radius 3 is 2.84 bits per heavy atom. The molecule has 0 radical (unpaired) electrons. The summed E-state index contributed by atoms with van der Waals surface area (Å²) in [5, 5.41) is 7.96. The number of nitrogens with zero attached hydrogens (tertiary/aromatic N) is 2. The molecule has 2 heterocycles. The van der Waals surface area contributed by atoms with E-state index >= 15 is 0 Å². The number of hydrogen-bond donors (Lipinski definition) is 1. The van der Waals surface area contributed by atoms with Gasteiger partial charge in [0.05, 0.1) is 11.4 Å². The summed E-state index contributed by atoms with van der Waals surface area (Å²) < 4.78 is 16.0. The molecular weight excluding hydrogens is 241 g/mol. The van der Waals surface area contributed by atoms with Crippen molar-refractivity contribution in [1.82, 2.24) is 15.1 Å². The molecule has 1 N–H and O–H groups in total. The van der Waals surface area contributed by atoms with Crippen molar-refractivity contribution in [3.05, 3.63) is 41.5 Å². The fraction of sp³-hybridized carbons (Fsp3) is 0.400. The van der Waals surface area contributed by atoms with Crippen molar-refractivity contribution in [2.24, 2.45) is 7.05 Å². The van der Waals surface area contributed by atoms with Crippen LogP contribution in [0.4, 0.5) is 4.39 Å². The summed E-state index contributed by atoms with van der Waals surface area (Å²) in [5.41, 5.74) is 3.58. The van der Waals surface area contributed by atoms with E-state index in [2.05, 4.69) is 10.4 Å². The molecule has 3 rings (SSSR count). The molecular formula is C15H18FN3. The summed E-state index contributed by atoms with van der Waals surface area (Å²) in [7, 11) is 1.94. The molecule has 0 bridgehead atoms. The van der Waals surface area contributed by atoms with Crippen molar-refractivity contribution in [1.29, 1.82) is 0 Å². The second-order valence-electron chi connectivity index (χ2n) is 5.10. The summed E-state index contributed by atoms with van der Waals surface area (Å²) >= 11 is 0. The topological polar surface area (TPSA) is 29.9 Å². The Hall–Kier alpha value is -1.68. The van der Waals surface area contributed by atoms with Crippen molar-refractivity contribution in [2.75, 3.05) is 6.54 Å². The number of aromatic nitrogens is 2. The van der Waals surface area contributed by atoms with E-state index in [-0.39, 0.29) is 11.9 Å². The molecule has 1 aromatic heterocycles. The number of hydrogen-bond acceptors (Lipinski definition) is 2. The van der Waals surface area contributed by atoms with E-state index in [0.29, 0.717) is 5.56 Å². The number of halogens is 1. The first-order valence-corrected chi connectivity index (χ1v) is 6.70. The van der Waals surface area contributed by atoms with Crippen LogP contribution in [0.1, 0.15) is 30.3 Å². The molecule has 1 fully saturated rings. The SMILES string of the molecule is Cc1nn(C)c(C2CCCN2)c1-c1ccccc1F. The van der Waals surface area contributed by atoms with Gasteiger partial charge in [0.25, 0.3) is 0 Å². The van der Waals surface area contributed by atoms with E-state index in [9.17, 15) is 4.39 Å². The predicted octanol–water partition coefficient (Wildman–Crippen LogP) is 2.96. The van der Waals surface area contributed by atoms with Gasteiger partial charge in [-0.2, -0.15) is 5.10 Å². The predicted molar refractivity (Wildman–Crippen MR) is 73.3 cm³/mol. The van der Waals surface area contributed by atoms with Crippen LogP contribution in [0.25, 0.3) is 11.1 Å². The molecule has 1 aliphatic rings. The minimum atomic E-state index is -0.183. The van der Waals surface area contributed by atoms with Crippen molar-refractivity contribution >= 4 is 0 Å². The van der Waals surface area contributed by atoms with Gasteiger partial charge < -0.3 is 5.32 Å². The molecule has 100 valence electrons. The van der Waals surface area contributed by atoms with Gasteiger partial charge in [-0.3, -0.25) is 4.68 Å². The van der Waals surface area contributed by atoms with Gasteiger partial charge >= 0.3 is 0 Å². The lowest BCUT2D eigenvalue weighted by Crippen LogP contribution is -2.17. The molecule has 2 aromatic rings. The van der Waals surface area contributed by atoms with E-state index in [1.807, 2.05) is 30.8 Å². The normalized spacial score (nSPS) is 19.0. The number of benzene rings is 1. The summed E-state index contributed by atoms with van der Waals surface area (Å²) in [6.45, 7) is 2.96. The molecule has 1 aromatic carbocycles. The van der Waals surface area contributed by atoms with Gasteiger partial charge in [-0.05, 0) is 32.4 Å². The van der Waals surface area contributed by atoms with Crippen LogP contribution in [0.15, 0.2) is 24.3 Å². The smallest absolute Gasteiger partial charge is 0.131 e. The second kappa shape index (κ2) is 4.78. The molecule has 0 amide bonds. The fourth-order valence-corrected chi connectivity index (χ4v) is 2.99. The average molecular weight is 259 g/mol. The third kappa shape index (κ3) is 2.06. The summed E-state index contributed by atoms with van der Waals surface area (Å²) in [5.74, 6) is -0.183. The maximum atomic E-state index is 14.1. The molecule has 1 unspecified atom stereocenters. The maximum Gasteiger partial charge on any atom is 0.131 e. The lowest BCUT2D eigenvalue weighted by Gasteiger charge is -2.14. The van der Waals surface area contributed by atoms with Crippen molar-refractivity contribution in [3.63, 3.8) is 0 Å². The molecule has 1 aliphatic heterocycles. The zero-order chi connectivity index (χ0) is 13.4. The Morgan fingerprint density at radius 1 is 1.37 bits per heavy atom. The second-order valence-corrected chi connectivity index (χ2v) is 5.10. The lowest BCUT2D eigenvalue weighted by atomic mass is 9.98. The van der Waals surface area contributed by atoms with Crippen molar-refractivity contribution in [3.8, 4) is 11.1 Å². The number of nitrogens with one attached hydrogen (secondary N) is 1. The third-order valence-electron chi connectivity index (χ3n) is 3.80. The van der Waals surface area contributed by atoms with Gasteiger partial charge in [-0.15, -0.1) is 0 Å². The van der Waals surface area contributed by atoms with Crippen LogP contribution in [0.2, 0.25) is 0 Å². The molecule has 0 spiro atoms. The summed E-state index contributed by atoms with van der Waals surface area (Å²) in [4.78, 5) is 0. The Kier molecular flexibility index (Phi) is 3.11. The Balaban J connectivity index is 2.18. The zero-order valence-corrected chi connectivity index (χ0v) is 11.3. The highest BCUT2D eigenvalue weighted by Gasteiger charge is 2.26. The van der Waals surface area contributed by atoms with Crippen LogP contribution in [-0.2, 0) is 7.05 Å². The van der Waals surface area contributed by atoms with Crippen LogP contribution >= 0.6 is 0 Å². The van der Waals surface area contributed by atoms with Gasteiger partial charge in [0.2, 0.25) is 0 Å². The van der Waals surface area contributed by atoms with Crippen LogP contribution in [0.5, 0.6) is 0 Å². The Labute approximate surface area is 112 Å². The minimum Gasteiger partial charge on any atom is -0.309 e. The van der Waals surface area contributed by atoms with E-state index in [4.69, 9.17) is 0 Å². The van der Waals surface area contributed by atoms with Crippen LogP contribution in [0.3, 0.4) is 0 Å². The molecule has 1 atom stereocenters. The average Bonchev–Trinajstić information content (AvgIpc) is 2.98. The minimum absolute atomic E-state index is 0.183. The maximum absolute atomic E-state index is 14.1. The third-order valence-corrected chi connectivity index (χ3v) is 3.80. The number of aryl methyl sites for hydroxylation is 2. The van der Waals surface area contributed by atoms with Crippen LogP contribution in [0, 0.1) is 12.7 Å². The monoisotopic (exact) mass is 259 g/mol. The standard InChI is InChI=1S/C15H18FN3/c1-10-14(11-6-3-4-7-12(11)16)15(19(2)18-10)13-8-5-9-17-13/h3-4,6-7,13,17H,5,8-9H2,1-2H3. The fourth-order valence-electron chi connectivity index (χ4n) is 2.99. The number of rotatable bonds is 2. The van der Waals surface area contributed by atoms with Gasteiger partial charge in [0.1, 0.15) is 5.82 Å². The van der Waals surface area contributed by atoms with E-state index in [0.717, 1.165) is 36.3 Å². The largest absolute Gasteiger partial charge is 0.309 e. The first-order valence-electron chi connectivity index (χ1n) is 6.70. The highest BCUT2D eigenvalue weighted by atomic mass is 19.1. The first kappa shape index (κ1) is 12.4. The van der Waals surface area contributed by atoms with Gasteiger partial charge in [0.15, 0.2) is 0 Å². The highest BCUT2D eigenvalue weighted by molar-refractivity contribution is 5.70. The zero-order valence-electron chi connectivity index (χ0n) is 11.3. The Bertz CT molecular complexity index is 597. The van der Waals surface area contributed by atoms with Crippen LogP contribution in [-0.4, -0.2) is 16.3 Å². The molecule has 0 aliphatic carbocycles. The summed E-state index contributed by atoms with van der Waals surface area (Å²) in [6.07, 6.45) is 2.24. The molecule has 1 saturated heterocycles. The van der Waals surface area contributed by atoms with Crippen LogP contribution < -0.4 is 5.32 Å². The van der Waals surface area contributed by atoms with Gasteiger partial charge in [-0.25, -0.2) is 4.39 Å². The quantitative estimate of drug-likeness (QED) is 0.898. The summed E-state index contributed by atoms with van der Waals surface area (Å²) in [6, 6.07) is 7.21. The van der Waals surface area contributed by atoms with Gasteiger partial charge in [0, 0.05) is 24.2 Å². The first-order chi connectivity index (χ1) is 9.18. The molecule has 3 nitrogen and oxygen atoms in total. The Morgan fingerprint density at radius 2 is 2.16 bits per heavy atom.